The maximum atomic E-state index is 10.8. The summed E-state index contributed by atoms with van der Waals surface area (Å²) in [5.74, 6) is 0.266. The first kappa shape index (κ1) is 11.1. The minimum absolute atomic E-state index is 0.0199. The molecule has 2 aromatic rings. The third kappa shape index (κ3) is 2.60. The maximum absolute atomic E-state index is 10.8. The van der Waals surface area contributed by atoms with Crippen molar-refractivity contribution in [3.63, 3.8) is 0 Å². The van der Waals surface area contributed by atoms with E-state index < -0.39 is 4.92 Å². The van der Waals surface area contributed by atoms with Gasteiger partial charge in [-0.1, -0.05) is 0 Å². The van der Waals surface area contributed by atoms with E-state index in [0.717, 1.165) is 11.1 Å². The van der Waals surface area contributed by atoms with Crippen molar-refractivity contribution >= 4 is 11.5 Å². The fourth-order valence-corrected chi connectivity index (χ4v) is 1.41. The molecule has 0 unspecified atom stereocenters. The number of furan rings is 1. The van der Waals surface area contributed by atoms with Gasteiger partial charge in [-0.15, -0.1) is 0 Å². The third-order valence-electron chi connectivity index (χ3n) is 2.24. The highest BCUT2D eigenvalue weighted by Gasteiger charge is 2.14. The van der Waals surface area contributed by atoms with E-state index in [1.54, 1.807) is 31.7 Å². The highest BCUT2D eigenvalue weighted by molar-refractivity contribution is 5.56. The normalized spacial score (nSPS) is 10.2. The van der Waals surface area contributed by atoms with E-state index in [4.69, 9.17) is 4.42 Å². The van der Waals surface area contributed by atoms with Crippen molar-refractivity contribution in [2.75, 3.05) is 5.32 Å². The predicted molar refractivity (Wildman–Crippen MR) is 61.7 cm³/mol. The van der Waals surface area contributed by atoms with E-state index in [2.05, 4.69) is 10.3 Å². The number of nitrogens with one attached hydrogen (secondary N) is 1. The van der Waals surface area contributed by atoms with Crippen molar-refractivity contribution in [1.29, 1.82) is 0 Å². The maximum Gasteiger partial charge on any atom is 0.311 e. The number of anilines is 1. The van der Waals surface area contributed by atoms with Crippen LogP contribution in [0.5, 0.6) is 0 Å². The highest BCUT2D eigenvalue weighted by atomic mass is 16.6. The van der Waals surface area contributed by atoms with Crippen LogP contribution in [0.15, 0.2) is 35.3 Å². The second kappa shape index (κ2) is 4.65. The lowest BCUT2D eigenvalue weighted by atomic mass is 10.2. The minimum atomic E-state index is -0.447. The highest BCUT2D eigenvalue weighted by Crippen LogP contribution is 2.22. The van der Waals surface area contributed by atoms with Gasteiger partial charge in [0.1, 0.15) is 0 Å². The van der Waals surface area contributed by atoms with Crippen molar-refractivity contribution in [3.8, 4) is 0 Å². The summed E-state index contributed by atoms with van der Waals surface area (Å²) in [4.78, 5) is 14.4. The molecule has 0 aromatic carbocycles. The predicted octanol–water partition coefficient (Wildman–Crippen LogP) is 2.50. The van der Waals surface area contributed by atoms with Gasteiger partial charge in [-0.05, 0) is 18.6 Å². The van der Waals surface area contributed by atoms with E-state index in [-0.39, 0.29) is 11.5 Å². The number of aryl methyl sites for hydroxylation is 1. The molecule has 2 heterocycles. The summed E-state index contributed by atoms with van der Waals surface area (Å²) < 4.78 is 4.91. The standard InChI is InChI=1S/C11H11N3O3/c1-8-4-10(14(15)16)11(12-5-8)13-6-9-2-3-17-7-9/h2-5,7H,6H2,1H3,(H,12,13). The summed E-state index contributed by atoms with van der Waals surface area (Å²) in [7, 11) is 0. The van der Waals surface area contributed by atoms with E-state index in [9.17, 15) is 10.1 Å². The Bertz CT molecular complexity index is 523. The van der Waals surface area contributed by atoms with Gasteiger partial charge in [0.25, 0.3) is 0 Å². The zero-order valence-corrected chi connectivity index (χ0v) is 9.21. The topological polar surface area (TPSA) is 81.2 Å². The molecule has 88 valence electrons. The van der Waals surface area contributed by atoms with E-state index in [0.29, 0.717) is 6.54 Å². The van der Waals surface area contributed by atoms with E-state index in [1.165, 1.54) is 6.07 Å². The number of hydrogen-bond donors (Lipinski definition) is 1. The Hall–Kier alpha value is -2.37. The molecule has 0 atom stereocenters. The Morgan fingerprint density at radius 1 is 1.59 bits per heavy atom. The van der Waals surface area contributed by atoms with Gasteiger partial charge in [-0.3, -0.25) is 10.1 Å². The number of aromatic nitrogens is 1. The SMILES string of the molecule is Cc1cnc(NCc2ccoc2)c([N+](=O)[O-])c1. The number of pyridine rings is 1. The smallest absolute Gasteiger partial charge is 0.311 e. The Balaban J connectivity index is 2.17. The average Bonchev–Trinajstić information content (AvgIpc) is 2.80. The fourth-order valence-electron chi connectivity index (χ4n) is 1.41. The van der Waals surface area contributed by atoms with Crippen LogP contribution < -0.4 is 5.32 Å². The summed E-state index contributed by atoms with van der Waals surface area (Å²) in [5, 5.41) is 13.8. The van der Waals surface area contributed by atoms with Crippen LogP contribution >= 0.6 is 0 Å². The molecular formula is C11H11N3O3. The zero-order valence-electron chi connectivity index (χ0n) is 9.21. The van der Waals surface area contributed by atoms with Gasteiger partial charge in [0, 0.05) is 24.4 Å². The van der Waals surface area contributed by atoms with Crippen LogP contribution in [0.25, 0.3) is 0 Å². The monoisotopic (exact) mass is 233 g/mol. The van der Waals surface area contributed by atoms with Gasteiger partial charge in [0.15, 0.2) is 0 Å². The summed E-state index contributed by atoms with van der Waals surface area (Å²) in [6, 6.07) is 3.28. The zero-order chi connectivity index (χ0) is 12.3. The second-order valence-electron chi connectivity index (χ2n) is 3.62. The lowest BCUT2D eigenvalue weighted by Crippen LogP contribution is -2.04. The molecule has 17 heavy (non-hydrogen) atoms. The van der Waals surface area contributed by atoms with Crippen LogP contribution in [0.3, 0.4) is 0 Å². The molecule has 6 nitrogen and oxygen atoms in total. The van der Waals surface area contributed by atoms with Crippen LogP contribution in [-0.2, 0) is 6.54 Å². The van der Waals surface area contributed by atoms with Gasteiger partial charge < -0.3 is 9.73 Å². The summed E-state index contributed by atoms with van der Waals surface area (Å²) >= 11 is 0. The fraction of sp³-hybridized carbons (Fsp3) is 0.182. The molecule has 0 aliphatic heterocycles. The van der Waals surface area contributed by atoms with Crippen LogP contribution in [0, 0.1) is 17.0 Å². The average molecular weight is 233 g/mol. The molecule has 2 rings (SSSR count). The van der Waals surface area contributed by atoms with Gasteiger partial charge in [0.05, 0.1) is 17.4 Å². The lowest BCUT2D eigenvalue weighted by Gasteiger charge is -2.04. The van der Waals surface area contributed by atoms with Crippen molar-refractivity contribution in [3.05, 3.63) is 52.1 Å². The Morgan fingerprint density at radius 3 is 3.06 bits per heavy atom. The summed E-state index contributed by atoms with van der Waals surface area (Å²) in [6.45, 7) is 2.20. The molecule has 0 radical (unpaired) electrons. The van der Waals surface area contributed by atoms with Gasteiger partial charge in [0.2, 0.25) is 5.82 Å². The molecule has 2 aromatic heterocycles. The van der Waals surface area contributed by atoms with E-state index in [1.807, 2.05) is 0 Å². The van der Waals surface area contributed by atoms with Crippen molar-refractivity contribution in [2.45, 2.75) is 13.5 Å². The second-order valence-corrected chi connectivity index (χ2v) is 3.62. The first-order chi connectivity index (χ1) is 8.16. The third-order valence-corrected chi connectivity index (χ3v) is 2.24. The Morgan fingerprint density at radius 2 is 2.41 bits per heavy atom. The largest absolute Gasteiger partial charge is 0.472 e. The molecule has 0 aliphatic rings. The Labute approximate surface area is 97.4 Å². The van der Waals surface area contributed by atoms with Gasteiger partial charge >= 0.3 is 5.69 Å². The van der Waals surface area contributed by atoms with Crippen LogP contribution in [0.1, 0.15) is 11.1 Å². The Kier molecular flexibility index (Phi) is 3.04. The minimum Gasteiger partial charge on any atom is -0.472 e. The van der Waals surface area contributed by atoms with Gasteiger partial charge in [-0.25, -0.2) is 4.98 Å². The molecule has 0 fully saturated rings. The van der Waals surface area contributed by atoms with Crippen molar-refractivity contribution in [1.82, 2.24) is 4.98 Å². The molecule has 6 heteroatoms. The molecule has 1 N–H and O–H groups in total. The molecule has 0 amide bonds. The summed E-state index contributed by atoms with van der Waals surface area (Å²) in [5.41, 5.74) is 1.64. The molecule has 0 aliphatic carbocycles. The van der Waals surface area contributed by atoms with Crippen LogP contribution in [-0.4, -0.2) is 9.91 Å². The first-order valence-corrected chi connectivity index (χ1v) is 5.03. The molecular weight excluding hydrogens is 222 g/mol. The van der Waals surface area contributed by atoms with E-state index >= 15 is 0 Å². The van der Waals surface area contributed by atoms with Crippen LogP contribution in [0.2, 0.25) is 0 Å². The molecule has 0 spiro atoms. The van der Waals surface area contributed by atoms with Crippen LogP contribution in [0.4, 0.5) is 11.5 Å². The van der Waals surface area contributed by atoms with Crippen molar-refractivity contribution < 1.29 is 9.34 Å². The number of nitro groups is 1. The molecule has 0 saturated carbocycles. The number of rotatable bonds is 4. The molecule has 0 bridgehead atoms. The number of hydrogen-bond acceptors (Lipinski definition) is 5. The molecule has 0 saturated heterocycles. The number of nitrogens with zero attached hydrogens (tertiary/aromatic N) is 2. The first-order valence-electron chi connectivity index (χ1n) is 5.03. The quantitative estimate of drug-likeness (QED) is 0.648. The van der Waals surface area contributed by atoms with Crippen molar-refractivity contribution in [2.24, 2.45) is 0 Å². The lowest BCUT2D eigenvalue weighted by molar-refractivity contribution is -0.384. The van der Waals surface area contributed by atoms with Gasteiger partial charge in [-0.2, -0.15) is 0 Å². The summed E-state index contributed by atoms with van der Waals surface area (Å²) in [6.07, 6.45) is 4.71.